The van der Waals surface area contributed by atoms with Gasteiger partial charge in [-0.05, 0) is 37.0 Å². The fourth-order valence-electron chi connectivity index (χ4n) is 3.21. The average Bonchev–Trinajstić information content (AvgIpc) is 2.78. The van der Waals surface area contributed by atoms with Gasteiger partial charge in [0.05, 0.1) is 12.7 Å². The summed E-state index contributed by atoms with van der Waals surface area (Å²) in [5, 5.41) is 0. The van der Waals surface area contributed by atoms with Crippen LogP contribution >= 0.6 is 0 Å². The quantitative estimate of drug-likeness (QED) is 0.490. The lowest BCUT2D eigenvalue weighted by Gasteiger charge is -2.33. The van der Waals surface area contributed by atoms with Gasteiger partial charge in [-0.3, -0.25) is 4.84 Å². The first-order valence-corrected chi connectivity index (χ1v) is 10.3. The van der Waals surface area contributed by atoms with E-state index in [1.165, 1.54) is 0 Å². The molecule has 0 bridgehead atoms. The summed E-state index contributed by atoms with van der Waals surface area (Å²) in [4.78, 5) is 19.4. The van der Waals surface area contributed by atoms with Crippen LogP contribution in [0.5, 0.6) is 5.75 Å². The number of nitrogens with zero attached hydrogens (tertiary/aromatic N) is 1. The summed E-state index contributed by atoms with van der Waals surface area (Å²) in [6.07, 6.45) is 3.02. The second-order valence-electron chi connectivity index (χ2n) is 7.17. The molecule has 1 aliphatic heterocycles. The van der Waals surface area contributed by atoms with Crippen molar-refractivity contribution in [3.63, 3.8) is 0 Å². The molecule has 0 radical (unpaired) electrons. The molecule has 1 N–H and O–H groups in total. The van der Waals surface area contributed by atoms with Crippen molar-refractivity contribution in [2.75, 3.05) is 24.6 Å². The Morgan fingerprint density at radius 1 is 1.10 bits per heavy atom. The first kappa shape index (κ1) is 21.0. The summed E-state index contributed by atoms with van der Waals surface area (Å²) in [6.45, 7) is 4.75. The third-order valence-corrected chi connectivity index (χ3v) is 4.91. The highest BCUT2D eigenvalue weighted by molar-refractivity contribution is 5.65. The molecule has 2 aromatic carbocycles. The number of rotatable bonds is 9. The Hall–Kier alpha value is -2.73. The Bertz CT molecular complexity index is 746. The van der Waals surface area contributed by atoms with Gasteiger partial charge >= 0.3 is 6.09 Å². The van der Waals surface area contributed by atoms with Gasteiger partial charge in [-0.15, -0.1) is 0 Å². The van der Waals surface area contributed by atoms with Crippen LogP contribution in [0.4, 0.5) is 10.5 Å². The Balaban J connectivity index is 1.41. The third-order valence-electron chi connectivity index (χ3n) is 4.91. The maximum atomic E-state index is 11.6. The summed E-state index contributed by atoms with van der Waals surface area (Å²) >= 11 is 0. The minimum atomic E-state index is -0.510. The smallest absolute Gasteiger partial charge is 0.431 e. The molecule has 0 atom stereocenters. The molecule has 1 amide bonds. The van der Waals surface area contributed by atoms with Crippen LogP contribution in [0.15, 0.2) is 54.6 Å². The second kappa shape index (κ2) is 11.3. The monoisotopic (exact) mass is 398 g/mol. The zero-order chi connectivity index (χ0) is 20.3. The molecular weight excluding hydrogens is 368 g/mol. The topological polar surface area (TPSA) is 60.0 Å². The number of amides is 1. The number of benzene rings is 2. The van der Waals surface area contributed by atoms with Crippen molar-refractivity contribution in [1.29, 1.82) is 0 Å². The molecule has 29 heavy (non-hydrogen) atoms. The van der Waals surface area contributed by atoms with Gasteiger partial charge in [0.25, 0.3) is 0 Å². The third kappa shape index (κ3) is 6.98. The predicted molar refractivity (Wildman–Crippen MR) is 113 cm³/mol. The van der Waals surface area contributed by atoms with Crippen molar-refractivity contribution < 1.29 is 19.1 Å². The molecule has 1 fully saturated rings. The number of hydrogen-bond acceptors (Lipinski definition) is 5. The van der Waals surface area contributed by atoms with Gasteiger partial charge in [-0.25, -0.2) is 4.79 Å². The van der Waals surface area contributed by atoms with Crippen LogP contribution in [0.25, 0.3) is 0 Å². The number of unbranched alkanes of at least 4 members (excludes halogenated alkanes) is 1. The van der Waals surface area contributed by atoms with Gasteiger partial charge in [0.1, 0.15) is 12.4 Å². The highest BCUT2D eigenvalue weighted by atomic mass is 16.7. The number of piperidine rings is 1. The minimum Gasteiger partial charge on any atom is -0.489 e. The molecule has 0 aromatic heterocycles. The molecule has 156 valence electrons. The second-order valence-corrected chi connectivity index (χ2v) is 7.17. The highest BCUT2D eigenvalue weighted by Crippen LogP contribution is 2.25. The van der Waals surface area contributed by atoms with Gasteiger partial charge in [0, 0.05) is 24.8 Å². The lowest BCUT2D eigenvalue weighted by molar-refractivity contribution is -0.0332. The highest BCUT2D eigenvalue weighted by Gasteiger charge is 2.21. The molecule has 1 saturated heterocycles. The van der Waals surface area contributed by atoms with Crippen LogP contribution < -0.4 is 15.1 Å². The molecule has 1 heterocycles. The molecule has 3 rings (SSSR count). The normalized spacial score (nSPS) is 14.4. The van der Waals surface area contributed by atoms with E-state index < -0.39 is 6.09 Å². The number of ether oxygens (including phenoxy) is 2. The number of hydroxylamine groups is 1. The zero-order valence-corrected chi connectivity index (χ0v) is 17.0. The summed E-state index contributed by atoms with van der Waals surface area (Å²) < 4.78 is 11.0. The minimum absolute atomic E-state index is 0.00230. The van der Waals surface area contributed by atoms with Crippen LogP contribution in [-0.2, 0) is 16.2 Å². The fraction of sp³-hybridized carbons (Fsp3) is 0.435. The molecule has 6 heteroatoms. The first-order chi connectivity index (χ1) is 14.2. The van der Waals surface area contributed by atoms with Crippen molar-refractivity contribution in [3.8, 4) is 5.75 Å². The van der Waals surface area contributed by atoms with E-state index in [-0.39, 0.29) is 6.10 Å². The Kier molecular flexibility index (Phi) is 8.19. The number of nitrogens with one attached hydrogen (secondary N) is 1. The van der Waals surface area contributed by atoms with E-state index in [0.717, 1.165) is 55.8 Å². The summed E-state index contributed by atoms with van der Waals surface area (Å²) in [7, 11) is 0. The summed E-state index contributed by atoms with van der Waals surface area (Å²) in [5.74, 6) is 0.862. The fourth-order valence-corrected chi connectivity index (χ4v) is 3.21. The van der Waals surface area contributed by atoms with Crippen LogP contribution in [0.1, 0.15) is 38.2 Å². The number of carbonyl (C=O) groups excluding carboxylic acids is 1. The number of carbonyl (C=O) groups is 1. The lowest BCUT2D eigenvalue weighted by Crippen LogP contribution is -2.40. The Morgan fingerprint density at radius 2 is 1.90 bits per heavy atom. The van der Waals surface area contributed by atoms with E-state index in [4.69, 9.17) is 14.3 Å². The Labute approximate surface area is 172 Å². The van der Waals surface area contributed by atoms with Crippen molar-refractivity contribution in [3.05, 3.63) is 60.2 Å². The van der Waals surface area contributed by atoms with E-state index >= 15 is 0 Å². The standard InChI is InChI=1S/C23H30N2O4/c1-2-3-16-27-23(26)24-29-21-12-14-25(15-13-21)20-10-7-11-22(17-20)28-18-19-8-5-4-6-9-19/h4-11,17,21H,2-3,12-16,18H2,1H3,(H,24,26). The van der Waals surface area contributed by atoms with Crippen molar-refractivity contribution >= 4 is 11.8 Å². The van der Waals surface area contributed by atoms with E-state index in [1.54, 1.807) is 0 Å². The molecule has 0 saturated carbocycles. The molecule has 6 nitrogen and oxygen atoms in total. The van der Waals surface area contributed by atoms with Gasteiger partial charge < -0.3 is 14.4 Å². The van der Waals surface area contributed by atoms with E-state index in [1.807, 2.05) is 30.3 Å². The van der Waals surface area contributed by atoms with Crippen LogP contribution in [0.3, 0.4) is 0 Å². The SMILES string of the molecule is CCCCOC(=O)NOC1CCN(c2cccc(OCc3ccccc3)c2)CC1. The average molecular weight is 399 g/mol. The lowest BCUT2D eigenvalue weighted by atomic mass is 10.1. The van der Waals surface area contributed by atoms with Crippen molar-refractivity contribution in [1.82, 2.24) is 5.48 Å². The molecule has 0 spiro atoms. The molecule has 2 aromatic rings. The van der Waals surface area contributed by atoms with Crippen molar-refractivity contribution in [2.24, 2.45) is 0 Å². The van der Waals surface area contributed by atoms with Crippen LogP contribution in [0, 0.1) is 0 Å². The summed E-state index contributed by atoms with van der Waals surface area (Å²) in [6, 6.07) is 18.3. The van der Waals surface area contributed by atoms with Gasteiger partial charge in [0.15, 0.2) is 0 Å². The van der Waals surface area contributed by atoms with Gasteiger partial charge in [0.2, 0.25) is 0 Å². The molecule has 1 aliphatic rings. The van der Waals surface area contributed by atoms with Gasteiger partial charge in [-0.1, -0.05) is 49.7 Å². The van der Waals surface area contributed by atoms with E-state index in [9.17, 15) is 4.79 Å². The Morgan fingerprint density at radius 3 is 2.66 bits per heavy atom. The zero-order valence-electron chi connectivity index (χ0n) is 17.0. The first-order valence-electron chi connectivity index (χ1n) is 10.3. The predicted octanol–water partition coefficient (Wildman–Crippen LogP) is 4.69. The van der Waals surface area contributed by atoms with Crippen molar-refractivity contribution in [2.45, 2.75) is 45.3 Å². The maximum Gasteiger partial charge on any atom is 0.431 e. The number of hydrogen-bond donors (Lipinski definition) is 1. The molecule has 0 unspecified atom stereocenters. The maximum absolute atomic E-state index is 11.6. The number of anilines is 1. The summed E-state index contributed by atoms with van der Waals surface area (Å²) in [5.41, 5.74) is 4.70. The molecular formula is C23H30N2O4. The van der Waals surface area contributed by atoms with Crippen LogP contribution in [0.2, 0.25) is 0 Å². The van der Waals surface area contributed by atoms with E-state index in [2.05, 4.69) is 41.6 Å². The van der Waals surface area contributed by atoms with E-state index in [0.29, 0.717) is 13.2 Å². The largest absolute Gasteiger partial charge is 0.489 e. The van der Waals surface area contributed by atoms with Gasteiger partial charge in [-0.2, -0.15) is 5.48 Å². The van der Waals surface area contributed by atoms with Crippen LogP contribution in [-0.4, -0.2) is 31.9 Å². The molecule has 0 aliphatic carbocycles.